The van der Waals surface area contributed by atoms with E-state index < -0.39 is 0 Å². The fraction of sp³-hybridized carbons (Fsp3) is 1.00. The summed E-state index contributed by atoms with van der Waals surface area (Å²) < 4.78 is 0. The van der Waals surface area contributed by atoms with Gasteiger partial charge in [0, 0.05) is 12.6 Å². The van der Waals surface area contributed by atoms with E-state index in [0.29, 0.717) is 12.0 Å². The molecule has 1 saturated heterocycles. The molecule has 1 fully saturated rings. The topological polar surface area (TPSA) is 32.5 Å². The van der Waals surface area contributed by atoms with Crippen LogP contribution in [0.15, 0.2) is 0 Å². The number of hydrogen-bond acceptors (Lipinski definition) is 3. The van der Waals surface area contributed by atoms with E-state index in [0.717, 1.165) is 18.9 Å². The van der Waals surface area contributed by atoms with Crippen LogP contribution >= 0.6 is 0 Å². The summed E-state index contributed by atoms with van der Waals surface area (Å²) in [5.74, 6) is 1.52. The molecule has 3 unspecified atom stereocenters. The van der Waals surface area contributed by atoms with Crippen LogP contribution in [0.2, 0.25) is 0 Å². The minimum atomic E-state index is 0.686. The lowest BCUT2D eigenvalue weighted by atomic mass is 9.82. The monoisotopic (exact) mass is 227 g/mol. The van der Waals surface area contributed by atoms with E-state index in [9.17, 15) is 0 Å². The van der Waals surface area contributed by atoms with Crippen LogP contribution in [0.1, 0.15) is 26.2 Å². The van der Waals surface area contributed by atoms with Crippen LogP contribution in [0.3, 0.4) is 0 Å². The summed E-state index contributed by atoms with van der Waals surface area (Å²) in [7, 11) is 6.67. The summed E-state index contributed by atoms with van der Waals surface area (Å²) >= 11 is 0. The molecule has 2 N–H and O–H groups in total. The van der Waals surface area contributed by atoms with E-state index in [4.69, 9.17) is 5.73 Å². The minimum Gasteiger partial charge on any atom is -0.330 e. The highest BCUT2D eigenvalue weighted by molar-refractivity contribution is 4.85. The van der Waals surface area contributed by atoms with Crippen LogP contribution < -0.4 is 5.73 Å². The second-order valence-electron chi connectivity index (χ2n) is 5.67. The smallest absolute Gasteiger partial charge is 0.0156 e. The number of hydrogen-bond donors (Lipinski definition) is 1. The third-order valence-electron chi connectivity index (χ3n) is 3.95. The third-order valence-corrected chi connectivity index (χ3v) is 3.95. The summed E-state index contributed by atoms with van der Waals surface area (Å²) in [6.45, 7) is 5.68. The van der Waals surface area contributed by atoms with Gasteiger partial charge in [-0.15, -0.1) is 0 Å². The largest absolute Gasteiger partial charge is 0.330 e. The first-order valence-corrected chi connectivity index (χ1v) is 6.61. The van der Waals surface area contributed by atoms with Crippen molar-refractivity contribution >= 4 is 0 Å². The van der Waals surface area contributed by atoms with Gasteiger partial charge in [-0.3, -0.25) is 0 Å². The maximum Gasteiger partial charge on any atom is 0.0156 e. The second kappa shape index (κ2) is 6.58. The second-order valence-corrected chi connectivity index (χ2v) is 5.67. The van der Waals surface area contributed by atoms with Crippen molar-refractivity contribution in [1.29, 1.82) is 0 Å². The zero-order chi connectivity index (χ0) is 12.1. The summed E-state index contributed by atoms with van der Waals surface area (Å²) in [6, 6.07) is 0.686. The molecular weight excluding hydrogens is 198 g/mol. The molecule has 1 aliphatic rings. The van der Waals surface area contributed by atoms with Gasteiger partial charge in [-0.2, -0.15) is 0 Å². The Morgan fingerprint density at radius 2 is 2.12 bits per heavy atom. The average molecular weight is 227 g/mol. The van der Waals surface area contributed by atoms with E-state index >= 15 is 0 Å². The first kappa shape index (κ1) is 13.9. The Morgan fingerprint density at radius 3 is 2.62 bits per heavy atom. The van der Waals surface area contributed by atoms with Crippen molar-refractivity contribution in [1.82, 2.24) is 9.80 Å². The van der Waals surface area contributed by atoms with Crippen LogP contribution in [0, 0.1) is 11.8 Å². The quantitative estimate of drug-likeness (QED) is 0.767. The van der Waals surface area contributed by atoms with Crippen molar-refractivity contribution in [3.63, 3.8) is 0 Å². The number of likely N-dealkylation sites (tertiary alicyclic amines) is 1. The zero-order valence-corrected chi connectivity index (χ0v) is 11.4. The van der Waals surface area contributed by atoms with Crippen molar-refractivity contribution in [2.45, 2.75) is 32.2 Å². The summed E-state index contributed by atoms with van der Waals surface area (Å²) in [5.41, 5.74) is 5.70. The van der Waals surface area contributed by atoms with Crippen molar-refractivity contribution in [2.24, 2.45) is 17.6 Å². The Labute approximate surface area is 101 Å². The predicted octanol–water partition coefficient (Wildman–Crippen LogP) is 1.24. The van der Waals surface area contributed by atoms with E-state index in [1.807, 2.05) is 0 Å². The molecule has 16 heavy (non-hydrogen) atoms. The molecule has 3 nitrogen and oxygen atoms in total. The van der Waals surface area contributed by atoms with Crippen LogP contribution in [-0.4, -0.2) is 56.6 Å². The number of nitrogens with two attached hydrogens (primary N) is 1. The van der Waals surface area contributed by atoms with Crippen LogP contribution in [-0.2, 0) is 0 Å². The lowest BCUT2D eigenvalue weighted by Crippen LogP contribution is -2.47. The zero-order valence-electron chi connectivity index (χ0n) is 11.4. The molecule has 1 aliphatic heterocycles. The summed E-state index contributed by atoms with van der Waals surface area (Å²) in [5, 5.41) is 0. The Hall–Kier alpha value is -0.120. The molecule has 96 valence electrons. The van der Waals surface area contributed by atoms with Crippen LogP contribution in [0.4, 0.5) is 0 Å². The Morgan fingerprint density at radius 1 is 1.44 bits per heavy atom. The predicted molar refractivity (Wildman–Crippen MR) is 70.5 cm³/mol. The lowest BCUT2D eigenvalue weighted by molar-refractivity contribution is 0.0855. The molecule has 0 radical (unpaired) electrons. The summed E-state index contributed by atoms with van der Waals surface area (Å²) in [6.07, 6.45) is 3.87. The minimum absolute atomic E-state index is 0.686. The molecule has 3 heteroatoms. The van der Waals surface area contributed by atoms with Gasteiger partial charge in [0.25, 0.3) is 0 Å². The van der Waals surface area contributed by atoms with Gasteiger partial charge in [0.05, 0.1) is 0 Å². The highest BCUT2D eigenvalue weighted by Crippen LogP contribution is 2.27. The standard InChI is InChI=1S/C13H29N3/c1-11(7-8-14)13(15(2)3)12-6-5-9-16(4)10-12/h11-13H,5-10,14H2,1-4H3. The van der Waals surface area contributed by atoms with Gasteiger partial charge in [0.2, 0.25) is 0 Å². The molecule has 0 aromatic carbocycles. The van der Waals surface area contributed by atoms with Gasteiger partial charge >= 0.3 is 0 Å². The average Bonchev–Trinajstić information content (AvgIpc) is 2.17. The van der Waals surface area contributed by atoms with Gasteiger partial charge in [0.1, 0.15) is 0 Å². The van der Waals surface area contributed by atoms with E-state index in [1.165, 1.54) is 25.9 Å². The molecule has 1 rings (SSSR count). The number of nitrogens with zero attached hydrogens (tertiary/aromatic N) is 2. The maximum absolute atomic E-state index is 5.70. The van der Waals surface area contributed by atoms with Crippen LogP contribution in [0.25, 0.3) is 0 Å². The molecule has 0 spiro atoms. The van der Waals surface area contributed by atoms with Gasteiger partial charge < -0.3 is 15.5 Å². The van der Waals surface area contributed by atoms with Crippen molar-refractivity contribution in [2.75, 3.05) is 40.8 Å². The molecule has 1 heterocycles. The molecule has 0 aromatic heterocycles. The highest BCUT2D eigenvalue weighted by atomic mass is 15.1. The Kier molecular flexibility index (Phi) is 5.73. The molecule has 0 saturated carbocycles. The molecule has 0 aliphatic carbocycles. The molecule has 0 bridgehead atoms. The van der Waals surface area contributed by atoms with E-state index in [1.54, 1.807) is 0 Å². The first-order valence-electron chi connectivity index (χ1n) is 6.61. The molecule has 3 atom stereocenters. The SMILES string of the molecule is CC(CCN)C(C1CCCN(C)C1)N(C)C. The maximum atomic E-state index is 5.70. The highest BCUT2D eigenvalue weighted by Gasteiger charge is 2.30. The number of rotatable bonds is 5. The molecule has 0 amide bonds. The Balaban J connectivity index is 2.61. The lowest BCUT2D eigenvalue weighted by Gasteiger charge is -2.41. The third kappa shape index (κ3) is 3.72. The fourth-order valence-corrected chi connectivity index (χ4v) is 3.31. The van der Waals surface area contributed by atoms with Gasteiger partial charge in [-0.1, -0.05) is 6.92 Å². The summed E-state index contributed by atoms with van der Waals surface area (Å²) in [4.78, 5) is 4.88. The number of piperidine rings is 1. The van der Waals surface area contributed by atoms with Gasteiger partial charge in [0.15, 0.2) is 0 Å². The molecular formula is C13H29N3. The van der Waals surface area contributed by atoms with E-state index in [-0.39, 0.29) is 0 Å². The molecule has 0 aromatic rings. The van der Waals surface area contributed by atoms with Crippen molar-refractivity contribution in [3.8, 4) is 0 Å². The van der Waals surface area contributed by atoms with Crippen molar-refractivity contribution < 1.29 is 0 Å². The van der Waals surface area contributed by atoms with Crippen molar-refractivity contribution in [3.05, 3.63) is 0 Å². The van der Waals surface area contributed by atoms with Gasteiger partial charge in [-0.05, 0) is 65.3 Å². The normalized spacial score (nSPS) is 27.0. The van der Waals surface area contributed by atoms with Crippen LogP contribution in [0.5, 0.6) is 0 Å². The first-order chi connectivity index (χ1) is 7.56. The Bertz CT molecular complexity index is 194. The fourth-order valence-electron chi connectivity index (χ4n) is 3.31. The van der Waals surface area contributed by atoms with E-state index in [2.05, 4.69) is 37.9 Å². The van der Waals surface area contributed by atoms with Gasteiger partial charge in [-0.25, -0.2) is 0 Å².